The van der Waals surface area contributed by atoms with E-state index in [-0.39, 0.29) is 11.2 Å². The number of fused-ring (bicyclic) bond motifs is 1. The van der Waals surface area contributed by atoms with Crippen molar-refractivity contribution in [2.45, 2.75) is 11.9 Å². The van der Waals surface area contributed by atoms with E-state index in [0.717, 1.165) is 31.7 Å². The van der Waals surface area contributed by atoms with Crippen LogP contribution in [-0.2, 0) is 11.3 Å². The summed E-state index contributed by atoms with van der Waals surface area (Å²) in [4.78, 5) is 29.2. The number of rotatable bonds is 6. The smallest absolute Gasteiger partial charge is 0.192 e. The standard InChI is InChI=1S/C23H22Cl2N2O3/c24-17-7-5-16(6-8-17)23(25)21(29)15-27-11-9-26(10-12-27)14-18-13-20(28)19-3-1-2-4-22(19)30-18/h1-8,13,23H,9-12,14-15H2. The van der Waals surface area contributed by atoms with E-state index in [9.17, 15) is 9.59 Å². The summed E-state index contributed by atoms with van der Waals surface area (Å²) in [6, 6.07) is 15.9. The fourth-order valence-electron chi connectivity index (χ4n) is 3.68. The van der Waals surface area contributed by atoms with Gasteiger partial charge in [-0.2, -0.15) is 0 Å². The summed E-state index contributed by atoms with van der Waals surface area (Å²) in [7, 11) is 0. The number of benzene rings is 2. The number of carbonyl (C=O) groups is 1. The van der Waals surface area contributed by atoms with Crippen LogP contribution in [-0.4, -0.2) is 48.3 Å². The zero-order valence-electron chi connectivity index (χ0n) is 16.4. The molecule has 3 aromatic rings. The van der Waals surface area contributed by atoms with Gasteiger partial charge in [0.05, 0.1) is 18.5 Å². The van der Waals surface area contributed by atoms with E-state index in [4.69, 9.17) is 27.6 Å². The molecule has 1 fully saturated rings. The normalized spacial score (nSPS) is 16.6. The van der Waals surface area contributed by atoms with E-state index in [1.165, 1.54) is 0 Å². The van der Waals surface area contributed by atoms with Gasteiger partial charge in [-0.05, 0) is 29.8 Å². The van der Waals surface area contributed by atoms with E-state index in [0.29, 0.717) is 34.8 Å². The third kappa shape index (κ3) is 4.93. The van der Waals surface area contributed by atoms with Crippen LogP contribution in [0.2, 0.25) is 5.02 Å². The number of para-hydroxylation sites is 1. The van der Waals surface area contributed by atoms with Gasteiger partial charge >= 0.3 is 0 Å². The Hall–Kier alpha value is -2.18. The van der Waals surface area contributed by atoms with Gasteiger partial charge in [0.25, 0.3) is 0 Å². The first-order valence-electron chi connectivity index (χ1n) is 9.88. The minimum atomic E-state index is -0.674. The first-order valence-corrected chi connectivity index (χ1v) is 10.7. The Labute approximate surface area is 184 Å². The lowest BCUT2D eigenvalue weighted by atomic mass is 10.1. The van der Waals surface area contributed by atoms with Crippen LogP contribution in [0.1, 0.15) is 16.7 Å². The summed E-state index contributed by atoms with van der Waals surface area (Å²) in [5.74, 6) is 0.639. The summed E-state index contributed by atoms with van der Waals surface area (Å²) < 4.78 is 5.89. The molecule has 2 heterocycles. The molecule has 0 radical (unpaired) electrons. The molecule has 0 amide bonds. The quantitative estimate of drug-likeness (QED) is 0.535. The molecule has 0 saturated carbocycles. The van der Waals surface area contributed by atoms with Crippen LogP contribution in [0.3, 0.4) is 0 Å². The molecule has 4 rings (SSSR count). The monoisotopic (exact) mass is 444 g/mol. The molecule has 1 aliphatic rings. The fourth-order valence-corrected chi connectivity index (χ4v) is 4.02. The van der Waals surface area contributed by atoms with Crippen molar-refractivity contribution in [3.8, 4) is 0 Å². The van der Waals surface area contributed by atoms with Crippen molar-refractivity contribution >= 4 is 40.0 Å². The second kappa shape index (κ2) is 9.31. The number of hydrogen-bond acceptors (Lipinski definition) is 5. The number of alkyl halides is 1. The average Bonchev–Trinajstić information content (AvgIpc) is 2.75. The third-order valence-corrected chi connectivity index (χ3v) is 6.10. The van der Waals surface area contributed by atoms with Gasteiger partial charge < -0.3 is 4.42 Å². The first kappa shape index (κ1) is 21.1. The Morgan fingerprint density at radius 2 is 1.67 bits per heavy atom. The van der Waals surface area contributed by atoms with Gasteiger partial charge in [-0.1, -0.05) is 35.9 Å². The van der Waals surface area contributed by atoms with Crippen LogP contribution in [0.15, 0.2) is 63.8 Å². The Bertz CT molecular complexity index is 1090. The first-order chi connectivity index (χ1) is 14.5. The molecule has 0 aliphatic carbocycles. The minimum Gasteiger partial charge on any atom is -0.459 e. The van der Waals surface area contributed by atoms with Gasteiger partial charge in [0, 0.05) is 37.3 Å². The summed E-state index contributed by atoms with van der Waals surface area (Å²) in [6.07, 6.45) is 0. The molecule has 2 aromatic carbocycles. The van der Waals surface area contributed by atoms with Crippen molar-refractivity contribution in [2.75, 3.05) is 32.7 Å². The van der Waals surface area contributed by atoms with Crippen molar-refractivity contribution < 1.29 is 9.21 Å². The van der Waals surface area contributed by atoms with Gasteiger partial charge in [0.2, 0.25) is 0 Å². The maximum atomic E-state index is 12.6. The van der Waals surface area contributed by atoms with Gasteiger partial charge in [-0.25, -0.2) is 0 Å². The van der Waals surface area contributed by atoms with E-state index >= 15 is 0 Å². The molecule has 1 saturated heterocycles. The maximum Gasteiger partial charge on any atom is 0.192 e. The Balaban J connectivity index is 1.31. The SMILES string of the molecule is O=C(CN1CCN(Cc2cc(=O)c3ccccc3o2)CC1)C(Cl)c1ccc(Cl)cc1. The lowest BCUT2D eigenvalue weighted by molar-refractivity contribution is -0.120. The number of hydrogen-bond donors (Lipinski definition) is 0. The highest BCUT2D eigenvalue weighted by Crippen LogP contribution is 2.24. The number of nitrogens with zero attached hydrogens (tertiary/aromatic N) is 2. The van der Waals surface area contributed by atoms with Crippen LogP contribution >= 0.6 is 23.2 Å². The van der Waals surface area contributed by atoms with Crippen molar-refractivity contribution in [2.24, 2.45) is 0 Å². The van der Waals surface area contributed by atoms with Crippen molar-refractivity contribution in [1.29, 1.82) is 0 Å². The van der Waals surface area contributed by atoms with E-state index < -0.39 is 5.38 Å². The average molecular weight is 445 g/mol. The Morgan fingerprint density at radius 3 is 2.40 bits per heavy atom. The molecule has 156 valence electrons. The molecule has 0 N–H and O–H groups in total. The van der Waals surface area contributed by atoms with Crippen LogP contribution < -0.4 is 5.43 Å². The predicted molar refractivity (Wildman–Crippen MR) is 119 cm³/mol. The molecule has 1 atom stereocenters. The van der Waals surface area contributed by atoms with E-state index in [1.807, 2.05) is 18.2 Å². The molecule has 0 bridgehead atoms. The van der Waals surface area contributed by atoms with Gasteiger partial charge in [-0.3, -0.25) is 19.4 Å². The number of ketones is 1. The van der Waals surface area contributed by atoms with Crippen LogP contribution in [0.5, 0.6) is 0 Å². The molecule has 7 heteroatoms. The second-order valence-electron chi connectivity index (χ2n) is 7.51. The minimum absolute atomic E-state index is 0.0204. The molecule has 1 aliphatic heterocycles. The Morgan fingerprint density at radius 1 is 1.00 bits per heavy atom. The highest BCUT2D eigenvalue weighted by Gasteiger charge is 2.24. The topological polar surface area (TPSA) is 53.8 Å². The number of Topliss-reactive ketones (excluding diaryl/α,β-unsaturated/α-hetero) is 1. The van der Waals surface area contributed by atoms with Crippen LogP contribution in [0.25, 0.3) is 11.0 Å². The van der Waals surface area contributed by atoms with Crippen molar-refractivity contribution in [1.82, 2.24) is 9.80 Å². The highest BCUT2D eigenvalue weighted by molar-refractivity contribution is 6.32. The van der Waals surface area contributed by atoms with Crippen LogP contribution in [0, 0.1) is 0 Å². The van der Waals surface area contributed by atoms with Gasteiger partial charge in [-0.15, -0.1) is 11.6 Å². The molecule has 30 heavy (non-hydrogen) atoms. The number of piperazine rings is 1. The molecule has 1 aromatic heterocycles. The molecule has 1 unspecified atom stereocenters. The molecule has 5 nitrogen and oxygen atoms in total. The van der Waals surface area contributed by atoms with Gasteiger partial charge in [0.1, 0.15) is 16.7 Å². The van der Waals surface area contributed by atoms with Crippen LogP contribution in [0.4, 0.5) is 0 Å². The summed E-state index contributed by atoms with van der Waals surface area (Å²) in [5.41, 5.74) is 1.35. The zero-order chi connectivity index (χ0) is 21.1. The zero-order valence-corrected chi connectivity index (χ0v) is 17.9. The molecular weight excluding hydrogens is 423 g/mol. The fraction of sp³-hybridized carbons (Fsp3) is 0.304. The van der Waals surface area contributed by atoms with Crippen molar-refractivity contribution in [3.05, 3.63) is 81.2 Å². The molecule has 0 spiro atoms. The van der Waals surface area contributed by atoms with E-state index in [2.05, 4.69) is 9.80 Å². The summed E-state index contributed by atoms with van der Waals surface area (Å²) in [5, 5.41) is 0.543. The number of carbonyl (C=O) groups excluding carboxylic acids is 1. The lowest BCUT2D eigenvalue weighted by Gasteiger charge is -2.34. The predicted octanol–water partition coefficient (Wildman–Crippen LogP) is 4.11. The second-order valence-corrected chi connectivity index (χ2v) is 8.38. The summed E-state index contributed by atoms with van der Waals surface area (Å²) >= 11 is 12.3. The molecular formula is C23H22Cl2N2O3. The lowest BCUT2D eigenvalue weighted by Crippen LogP contribution is -2.47. The highest BCUT2D eigenvalue weighted by atomic mass is 35.5. The van der Waals surface area contributed by atoms with Gasteiger partial charge in [0.15, 0.2) is 11.2 Å². The maximum absolute atomic E-state index is 12.6. The van der Waals surface area contributed by atoms with E-state index in [1.54, 1.807) is 36.4 Å². The number of halogens is 2. The van der Waals surface area contributed by atoms with Crippen molar-refractivity contribution in [3.63, 3.8) is 0 Å². The largest absolute Gasteiger partial charge is 0.459 e. The third-order valence-electron chi connectivity index (χ3n) is 5.35. The summed E-state index contributed by atoms with van der Waals surface area (Å²) in [6.45, 7) is 3.98. The Kier molecular flexibility index (Phi) is 6.54.